The van der Waals surface area contributed by atoms with E-state index in [9.17, 15) is 22.0 Å². The number of piperazine rings is 1. The number of sulfonamides is 1. The van der Waals surface area contributed by atoms with E-state index in [4.69, 9.17) is 4.74 Å². The zero-order chi connectivity index (χ0) is 28.3. The predicted octanol–water partition coefficient (Wildman–Crippen LogP) is 3.94. The van der Waals surface area contributed by atoms with Crippen LogP contribution in [0.1, 0.15) is 10.4 Å². The van der Waals surface area contributed by atoms with Crippen LogP contribution in [0.3, 0.4) is 0 Å². The Kier molecular flexibility index (Phi) is 8.14. The Balaban J connectivity index is 1.08. The topological polar surface area (TPSA) is 104 Å². The molecule has 0 saturated carbocycles. The van der Waals surface area contributed by atoms with Crippen molar-refractivity contribution in [1.29, 1.82) is 0 Å². The van der Waals surface area contributed by atoms with E-state index in [2.05, 4.69) is 24.8 Å². The van der Waals surface area contributed by atoms with Crippen LogP contribution in [-0.2, 0) is 10.0 Å². The number of methoxy groups -OCH3 is 1. The number of amides is 1. The van der Waals surface area contributed by atoms with Gasteiger partial charge in [-0.3, -0.25) is 14.4 Å². The molecule has 9 nitrogen and oxygen atoms in total. The molecule has 2 N–H and O–H groups in total. The first kappa shape index (κ1) is 27.7. The van der Waals surface area contributed by atoms with E-state index in [-0.39, 0.29) is 16.3 Å². The van der Waals surface area contributed by atoms with Crippen molar-refractivity contribution < 1.29 is 26.7 Å². The molecule has 1 aliphatic rings. The van der Waals surface area contributed by atoms with Gasteiger partial charge in [-0.15, -0.1) is 0 Å². The monoisotopic (exact) mass is 587 g/mol. The third kappa shape index (κ3) is 6.32. The van der Waals surface area contributed by atoms with Crippen LogP contribution in [-0.4, -0.2) is 70.6 Å². The summed E-state index contributed by atoms with van der Waals surface area (Å²) >= 11 is 1.27. The van der Waals surface area contributed by atoms with Crippen LogP contribution in [0.2, 0.25) is 0 Å². The fourth-order valence-corrected chi connectivity index (χ4v) is 6.45. The molecule has 3 aromatic carbocycles. The number of nitrogens with zero attached hydrogens (tertiary/aromatic N) is 3. The van der Waals surface area contributed by atoms with Gasteiger partial charge < -0.3 is 15.0 Å². The van der Waals surface area contributed by atoms with Crippen molar-refractivity contribution in [2.75, 3.05) is 56.0 Å². The van der Waals surface area contributed by atoms with Crippen molar-refractivity contribution in [2.24, 2.45) is 0 Å². The minimum atomic E-state index is -3.78. The lowest BCUT2D eigenvalue weighted by atomic mass is 10.2. The molecule has 1 aliphatic heterocycles. The Morgan fingerprint density at radius 1 is 1.02 bits per heavy atom. The van der Waals surface area contributed by atoms with E-state index in [0.717, 1.165) is 19.2 Å². The van der Waals surface area contributed by atoms with E-state index in [1.54, 1.807) is 24.3 Å². The molecule has 0 unspecified atom stereocenters. The van der Waals surface area contributed by atoms with Crippen LogP contribution >= 0.6 is 11.3 Å². The maximum Gasteiger partial charge on any atom is 0.261 e. The van der Waals surface area contributed by atoms with Crippen LogP contribution in [0.5, 0.6) is 5.75 Å². The number of hydrogen-bond donors (Lipinski definition) is 2. The smallest absolute Gasteiger partial charge is 0.261 e. The average molecular weight is 588 g/mol. The van der Waals surface area contributed by atoms with Crippen molar-refractivity contribution >= 4 is 48.3 Å². The summed E-state index contributed by atoms with van der Waals surface area (Å²) in [5, 5.41) is 3.56. The molecule has 0 bridgehead atoms. The van der Waals surface area contributed by atoms with Gasteiger partial charge in [0, 0.05) is 56.6 Å². The van der Waals surface area contributed by atoms with Gasteiger partial charge in [-0.25, -0.2) is 22.2 Å². The summed E-state index contributed by atoms with van der Waals surface area (Å²) in [5.74, 6) is -0.974. The van der Waals surface area contributed by atoms with Crippen LogP contribution in [0, 0.1) is 11.6 Å². The number of halogens is 2. The minimum Gasteiger partial charge on any atom is -0.497 e. The summed E-state index contributed by atoms with van der Waals surface area (Å²) in [6.45, 7) is 3.95. The number of carbonyl (C=O) groups excluding carboxylic acids is 1. The number of carbonyl (C=O) groups is 1. The number of rotatable bonds is 9. The zero-order valence-corrected chi connectivity index (χ0v) is 23.2. The van der Waals surface area contributed by atoms with Crippen molar-refractivity contribution in [3.63, 3.8) is 0 Å². The van der Waals surface area contributed by atoms with Gasteiger partial charge in [0.25, 0.3) is 15.9 Å². The molecular formula is C27H27F2N5O4S2. The number of fused-ring (bicyclic) bond motifs is 1. The van der Waals surface area contributed by atoms with E-state index in [1.807, 2.05) is 0 Å². The highest BCUT2D eigenvalue weighted by atomic mass is 32.2. The van der Waals surface area contributed by atoms with E-state index in [1.165, 1.54) is 48.8 Å². The standard InChI is InChI=1S/C27H27F2N5O4S2/c1-38-21-6-8-22(9-7-21)40(36,37)32-20-4-2-18(3-5-20)26(35)30-10-11-33-12-14-34(15-13-33)27-31-25-23(29)16-19(28)17-24(25)39-27/h2-9,16-17,32H,10-15H2,1H3,(H,30,35). The fourth-order valence-electron chi connectivity index (χ4n) is 4.33. The molecule has 0 spiro atoms. The normalized spacial score (nSPS) is 14.3. The predicted molar refractivity (Wildman–Crippen MR) is 151 cm³/mol. The molecule has 2 heterocycles. The number of anilines is 2. The molecule has 1 aromatic heterocycles. The second kappa shape index (κ2) is 11.7. The molecule has 1 amide bonds. The van der Waals surface area contributed by atoms with Gasteiger partial charge in [0.2, 0.25) is 0 Å². The van der Waals surface area contributed by atoms with Crippen LogP contribution in [0.15, 0.2) is 65.6 Å². The number of thiazole rings is 1. The second-order valence-electron chi connectivity index (χ2n) is 9.17. The van der Waals surface area contributed by atoms with Gasteiger partial charge in [0.1, 0.15) is 17.1 Å². The van der Waals surface area contributed by atoms with Crippen LogP contribution < -0.4 is 19.7 Å². The van der Waals surface area contributed by atoms with Crippen LogP contribution in [0.25, 0.3) is 10.2 Å². The Hall–Kier alpha value is -3.81. The number of benzene rings is 3. The molecule has 40 heavy (non-hydrogen) atoms. The second-order valence-corrected chi connectivity index (χ2v) is 11.9. The highest BCUT2D eigenvalue weighted by molar-refractivity contribution is 7.92. The third-order valence-corrected chi connectivity index (χ3v) is 8.99. The lowest BCUT2D eigenvalue weighted by Crippen LogP contribution is -2.48. The third-order valence-electron chi connectivity index (χ3n) is 6.53. The summed E-state index contributed by atoms with van der Waals surface area (Å²) in [6.07, 6.45) is 0. The zero-order valence-electron chi connectivity index (χ0n) is 21.6. The van der Waals surface area contributed by atoms with Gasteiger partial charge >= 0.3 is 0 Å². The summed E-state index contributed by atoms with van der Waals surface area (Å²) in [7, 11) is -2.28. The molecule has 1 saturated heterocycles. The highest BCUT2D eigenvalue weighted by Gasteiger charge is 2.21. The quantitative estimate of drug-likeness (QED) is 0.306. The van der Waals surface area contributed by atoms with Crippen LogP contribution in [0.4, 0.5) is 19.6 Å². The number of aromatic nitrogens is 1. The Bertz CT molecular complexity index is 1600. The number of nitrogens with one attached hydrogen (secondary N) is 2. The summed E-state index contributed by atoms with van der Waals surface area (Å²) in [5.41, 5.74) is 0.942. The first-order valence-electron chi connectivity index (χ1n) is 12.5. The molecule has 0 atom stereocenters. The first-order valence-corrected chi connectivity index (χ1v) is 14.8. The summed E-state index contributed by atoms with van der Waals surface area (Å²) < 4.78 is 60.8. The lowest BCUT2D eigenvalue weighted by molar-refractivity contribution is 0.0948. The maximum atomic E-state index is 14.0. The molecule has 0 radical (unpaired) electrons. The molecule has 5 rings (SSSR count). The summed E-state index contributed by atoms with van der Waals surface area (Å²) in [4.78, 5) is 21.3. The van der Waals surface area contributed by atoms with Gasteiger partial charge in [0.15, 0.2) is 10.9 Å². The summed E-state index contributed by atoms with van der Waals surface area (Å²) in [6, 6.07) is 14.4. The van der Waals surface area contributed by atoms with Crippen molar-refractivity contribution in [2.45, 2.75) is 4.90 Å². The molecule has 210 valence electrons. The number of ether oxygens (including phenoxy) is 1. The van der Waals surface area contributed by atoms with Gasteiger partial charge in [-0.1, -0.05) is 11.3 Å². The Morgan fingerprint density at radius 3 is 2.40 bits per heavy atom. The van der Waals surface area contributed by atoms with Crippen molar-refractivity contribution in [3.05, 3.63) is 77.9 Å². The minimum absolute atomic E-state index is 0.0975. The van der Waals surface area contributed by atoms with Gasteiger partial charge in [-0.05, 0) is 54.6 Å². The molecular weight excluding hydrogens is 560 g/mol. The fraction of sp³-hybridized carbons (Fsp3) is 0.259. The molecule has 4 aromatic rings. The van der Waals surface area contributed by atoms with Crippen molar-refractivity contribution in [1.82, 2.24) is 15.2 Å². The largest absolute Gasteiger partial charge is 0.497 e. The number of hydrogen-bond acceptors (Lipinski definition) is 8. The average Bonchev–Trinajstić information content (AvgIpc) is 3.38. The Morgan fingerprint density at radius 2 is 1.73 bits per heavy atom. The first-order chi connectivity index (χ1) is 19.2. The Labute approximate surface area is 234 Å². The molecule has 0 aliphatic carbocycles. The molecule has 1 fully saturated rings. The SMILES string of the molecule is COc1ccc(S(=O)(=O)Nc2ccc(C(=O)NCCN3CCN(c4nc5c(F)cc(F)cc5s4)CC3)cc2)cc1. The lowest BCUT2D eigenvalue weighted by Gasteiger charge is -2.34. The maximum absolute atomic E-state index is 14.0. The molecule has 13 heteroatoms. The highest BCUT2D eigenvalue weighted by Crippen LogP contribution is 2.31. The van der Waals surface area contributed by atoms with E-state index in [0.29, 0.717) is 53.0 Å². The van der Waals surface area contributed by atoms with Gasteiger partial charge in [0.05, 0.1) is 16.7 Å². The van der Waals surface area contributed by atoms with Gasteiger partial charge in [-0.2, -0.15) is 0 Å². The van der Waals surface area contributed by atoms with E-state index >= 15 is 0 Å². The van der Waals surface area contributed by atoms with Crippen molar-refractivity contribution in [3.8, 4) is 5.75 Å². The van der Waals surface area contributed by atoms with E-state index < -0.39 is 21.7 Å².